The molecule has 2 rings (SSSR count). The van der Waals surface area contributed by atoms with Crippen LogP contribution in [0.25, 0.3) is 0 Å². The van der Waals surface area contributed by atoms with Crippen LogP contribution in [-0.2, 0) is 11.2 Å². The van der Waals surface area contributed by atoms with Crippen LogP contribution in [-0.4, -0.2) is 30.5 Å². The molecule has 1 amide bonds. The largest absolute Gasteiger partial charge is 0.351 e. The molecule has 1 heterocycles. The van der Waals surface area contributed by atoms with Crippen molar-refractivity contribution < 1.29 is 4.79 Å². The van der Waals surface area contributed by atoms with Crippen molar-refractivity contribution in [2.75, 3.05) is 18.6 Å². The Hall–Kier alpha value is -1.00. The van der Waals surface area contributed by atoms with Crippen LogP contribution in [0.15, 0.2) is 24.3 Å². The number of nitrogens with one attached hydrogen (secondary N) is 2. The normalized spacial score (nSPS) is 20.0. The molecule has 0 aliphatic carbocycles. The topological polar surface area (TPSA) is 41.1 Å². The van der Waals surface area contributed by atoms with E-state index in [-0.39, 0.29) is 18.0 Å². The zero-order valence-electron chi connectivity index (χ0n) is 10.9. The first-order valence-electron chi connectivity index (χ1n) is 6.33. The summed E-state index contributed by atoms with van der Waals surface area (Å²) in [7, 11) is 0. The van der Waals surface area contributed by atoms with E-state index in [1.54, 1.807) is 11.8 Å². The van der Waals surface area contributed by atoms with Crippen LogP contribution in [0.3, 0.4) is 0 Å². The van der Waals surface area contributed by atoms with Gasteiger partial charge in [0.2, 0.25) is 5.91 Å². The van der Waals surface area contributed by atoms with E-state index in [2.05, 4.69) is 23.0 Å². The van der Waals surface area contributed by atoms with E-state index in [1.807, 2.05) is 25.1 Å². The Morgan fingerprint density at radius 3 is 3.11 bits per heavy atom. The zero-order chi connectivity index (χ0) is 13.0. The Bertz CT molecular complexity index is 422. The standard InChI is InChI=1S/C14H20N2OS/c1-10(9-18-2)16-14(17)13-12-6-4-3-5-11(12)7-8-15-13/h3-6,10,13,15H,7-9H2,1-2H3,(H,16,17). The molecule has 0 bridgehead atoms. The molecule has 0 aromatic heterocycles. The maximum Gasteiger partial charge on any atom is 0.241 e. The first-order chi connectivity index (χ1) is 8.72. The molecule has 1 aliphatic rings. The van der Waals surface area contributed by atoms with Crippen LogP contribution in [0.1, 0.15) is 24.1 Å². The summed E-state index contributed by atoms with van der Waals surface area (Å²) in [6, 6.07) is 8.21. The average molecular weight is 264 g/mol. The number of carbonyl (C=O) groups excluding carboxylic acids is 1. The number of carbonyl (C=O) groups is 1. The highest BCUT2D eigenvalue weighted by Crippen LogP contribution is 2.22. The fraction of sp³-hybridized carbons (Fsp3) is 0.500. The molecule has 0 saturated heterocycles. The van der Waals surface area contributed by atoms with E-state index in [4.69, 9.17) is 0 Å². The Morgan fingerprint density at radius 2 is 2.33 bits per heavy atom. The smallest absolute Gasteiger partial charge is 0.241 e. The molecule has 2 N–H and O–H groups in total. The number of fused-ring (bicyclic) bond motifs is 1. The number of amides is 1. The molecular weight excluding hydrogens is 244 g/mol. The van der Waals surface area contributed by atoms with Gasteiger partial charge in [-0.05, 0) is 30.7 Å². The molecule has 0 saturated carbocycles. The van der Waals surface area contributed by atoms with E-state index in [0.29, 0.717) is 0 Å². The van der Waals surface area contributed by atoms with Crippen molar-refractivity contribution >= 4 is 17.7 Å². The zero-order valence-corrected chi connectivity index (χ0v) is 11.7. The van der Waals surface area contributed by atoms with Gasteiger partial charge in [-0.15, -0.1) is 0 Å². The van der Waals surface area contributed by atoms with Crippen molar-refractivity contribution in [2.24, 2.45) is 0 Å². The quantitative estimate of drug-likeness (QED) is 0.870. The minimum atomic E-state index is -0.195. The molecule has 4 heteroatoms. The highest BCUT2D eigenvalue weighted by molar-refractivity contribution is 7.98. The van der Waals surface area contributed by atoms with Gasteiger partial charge >= 0.3 is 0 Å². The summed E-state index contributed by atoms with van der Waals surface area (Å²) in [5, 5.41) is 6.37. The lowest BCUT2D eigenvalue weighted by molar-refractivity contribution is -0.123. The van der Waals surface area contributed by atoms with Gasteiger partial charge in [-0.1, -0.05) is 24.3 Å². The third-order valence-corrected chi connectivity index (χ3v) is 4.01. The number of hydrogen-bond acceptors (Lipinski definition) is 3. The second-order valence-corrected chi connectivity index (χ2v) is 5.61. The van der Waals surface area contributed by atoms with E-state index in [1.165, 1.54) is 5.56 Å². The third-order valence-electron chi connectivity index (χ3n) is 3.18. The summed E-state index contributed by atoms with van der Waals surface area (Å²) < 4.78 is 0. The fourth-order valence-corrected chi connectivity index (χ4v) is 2.94. The molecule has 0 fully saturated rings. The Balaban J connectivity index is 2.08. The van der Waals surface area contributed by atoms with Gasteiger partial charge in [0.1, 0.15) is 6.04 Å². The summed E-state index contributed by atoms with van der Waals surface area (Å²) in [5.41, 5.74) is 2.41. The molecule has 18 heavy (non-hydrogen) atoms. The van der Waals surface area contributed by atoms with Crippen molar-refractivity contribution in [3.05, 3.63) is 35.4 Å². The predicted octanol–water partition coefficient (Wildman–Crippen LogP) is 1.74. The molecule has 98 valence electrons. The lowest BCUT2D eigenvalue weighted by Crippen LogP contribution is -2.45. The summed E-state index contributed by atoms with van der Waals surface area (Å²) in [4.78, 5) is 12.3. The summed E-state index contributed by atoms with van der Waals surface area (Å²) in [5.74, 6) is 1.03. The molecule has 2 unspecified atom stereocenters. The van der Waals surface area contributed by atoms with E-state index in [9.17, 15) is 4.79 Å². The first kappa shape index (κ1) is 13.4. The van der Waals surface area contributed by atoms with Gasteiger partial charge in [0, 0.05) is 18.3 Å². The summed E-state index contributed by atoms with van der Waals surface area (Å²) in [6.45, 7) is 2.91. The van der Waals surface area contributed by atoms with Crippen LogP contribution in [0, 0.1) is 0 Å². The van der Waals surface area contributed by atoms with Crippen molar-refractivity contribution in [2.45, 2.75) is 25.4 Å². The van der Waals surface area contributed by atoms with Gasteiger partial charge in [-0.2, -0.15) is 11.8 Å². The van der Waals surface area contributed by atoms with Crippen molar-refractivity contribution in [3.8, 4) is 0 Å². The monoisotopic (exact) mass is 264 g/mol. The molecule has 0 radical (unpaired) electrons. The first-order valence-corrected chi connectivity index (χ1v) is 7.72. The maximum absolute atomic E-state index is 12.3. The molecule has 2 atom stereocenters. The van der Waals surface area contributed by atoms with Gasteiger partial charge < -0.3 is 10.6 Å². The Kier molecular flexibility index (Phi) is 4.66. The maximum atomic E-state index is 12.3. The van der Waals surface area contributed by atoms with Crippen LogP contribution in [0.5, 0.6) is 0 Å². The Labute approximate surface area is 113 Å². The minimum Gasteiger partial charge on any atom is -0.351 e. The van der Waals surface area contributed by atoms with E-state index >= 15 is 0 Å². The van der Waals surface area contributed by atoms with Crippen LogP contribution in [0.4, 0.5) is 0 Å². The number of hydrogen-bond donors (Lipinski definition) is 2. The fourth-order valence-electron chi connectivity index (χ4n) is 2.36. The van der Waals surface area contributed by atoms with Gasteiger partial charge in [0.05, 0.1) is 0 Å². The number of benzene rings is 1. The molecule has 1 aliphatic heterocycles. The molecule has 1 aromatic rings. The molecular formula is C14H20N2OS. The van der Waals surface area contributed by atoms with Gasteiger partial charge in [-0.25, -0.2) is 0 Å². The van der Waals surface area contributed by atoms with Gasteiger partial charge in [0.15, 0.2) is 0 Å². The molecule has 0 spiro atoms. The van der Waals surface area contributed by atoms with Crippen molar-refractivity contribution in [1.82, 2.24) is 10.6 Å². The van der Waals surface area contributed by atoms with Gasteiger partial charge in [-0.3, -0.25) is 4.79 Å². The second kappa shape index (κ2) is 6.25. The van der Waals surface area contributed by atoms with Crippen molar-refractivity contribution in [3.63, 3.8) is 0 Å². The molecule has 3 nitrogen and oxygen atoms in total. The Morgan fingerprint density at radius 1 is 1.56 bits per heavy atom. The van der Waals surface area contributed by atoms with E-state index < -0.39 is 0 Å². The minimum absolute atomic E-state index is 0.0868. The van der Waals surface area contributed by atoms with Gasteiger partial charge in [0.25, 0.3) is 0 Å². The number of thioether (sulfide) groups is 1. The summed E-state index contributed by atoms with van der Waals surface area (Å²) >= 11 is 1.75. The molecule has 1 aromatic carbocycles. The summed E-state index contributed by atoms with van der Waals surface area (Å²) in [6.07, 6.45) is 3.05. The SMILES string of the molecule is CSCC(C)NC(=O)C1NCCc2ccccc21. The lowest BCUT2D eigenvalue weighted by atomic mass is 9.94. The van der Waals surface area contributed by atoms with Crippen molar-refractivity contribution in [1.29, 1.82) is 0 Å². The third kappa shape index (κ3) is 3.06. The lowest BCUT2D eigenvalue weighted by Gasteiger charge is -2.27. The highest BCUT2D eigenvalue weighted by Gasteiger charge is 2.26. The van der Waals surface area contributed by atoms with E-state index in [0.717, 1.165) is 24.3 Å². The van der Waals surface area contributed by atoms with Crippen LogP contribution >= 0.6 is 11.8 Å². The second-order valence-electron chi connectivity index (χ2n) is 4.70. The highest BCUT2D eigenvalue weighted by atomic mass is 32.2. The predicted molar refractivity (Wildman–Crippen MR) is 76.9 cm³/mol. The average Bonchev–Trinajstić information content (AvgIpc) is 2.38. The van der Waals surface area contributed by atoms with Crippen LogP contribution in [0.2, 0.25) is 0 Å². The van der Waals surface area contributed by atoms with Crippen LogP contribution < -0.4 is 10.6 Å². The number of rotatable bonds is 4.